The van der Waals surface area contributed by atoms with Crippen molar-refractivity contribution in [3.63, 3.8) is 0 Å². The zero-order chi connectivity index (χ0) is 21.8. The fourth-order valence-corrected chi connectivity index (χ4v) is 4.12. The Balaban J connectivity index is 1.95. The zero-order valence-electron chi connectivity index (χ0n) is 14.5. The molecule has 0 fully saturated rings. The van der Waals surface area contributed by atoms with Gasteiger partial charge in [-0.2, -0.15) is 0 Å². The molecule has 1 heterocycles. The fourth-order valence-electron chi connectivity index (χ4n) is 2.92. The normalized spacial score (nSPS) is 11.9. The van der Waals surface area contributed by atoms with Crippen LogP contribution >= 0.6 is 0 Å². The van der Waals surface area contributed by atoms with Gasteiger partial charge in [0.1, 0.15) is 5.58 Å². The third-order valence-electron chi connectivity index (χ3n) is 4.29. The van der Waals surface area contributed by atoms with E-state index in [-0.39, 0.29) is 21.9 Å². The molecule has 0 amide bonds. The van der Waals surface area contributed by atoms with E-state index in [4.69, 9.17) is 4.42 Å². The second-order valence-electron chi connectivity index (χ2n) is 6.11. The third-order valence-corrected chi connectivity index (χ3v) is 5.67. The quantitative estimate of drug-likeness (QED) is 0.221. The molecule has 1 aromatic heterocycles. The summed E-state index contributed by atoms with van der Waals surface area (Å²) in [5, 5.41) is 0.135. The molecular weight excluding hydrogens is 433 g/mol. The van der Waals surface area contributed by atoms with Crippen molar-refractivity contribution in [2.75, 3.05) is 4.72 Å². The molecule has 1 N–H and O–H groups in total. The predicted octanol–water partition coefficient (Wildman–Crippen LogP) is 4.44. The SMILES string of the molecule is O=c1c2ccccc2oc2c(NS(=O)(=O)c3c(F)c(F)c(F)c(F)c3F)cccc12. The van der Waals surface area contributed by atoms with E-state index in [1.54, 1.807) is 16.9 Å². The number of nitrogens with one attached hydrogen (secondary N) is 1. The lowest BCUT2D eigenvalue weighted by Crippen LogP contribution is -2.20. The lowest BCUT2D eigenvalue weighted by Gasteiger charge is -2.12. The van der Waals surface area contributed by atoms with Crippen LogP contribution < -0.4 is 10.2 Å². The molecule has 0 bridgehead atoms. The van der Waals surface area contributed by atoms with E-state index in [0.717, 1.165) is 6.07 Å². The van der Waals surface area contributed by atoms with Crippen LogP contribution in [0.1, 0.15) is 0 Å². The molecule has 0 aliphatic carbocycles. The van der Waals surface area contributed by atoms with E-state index < -0.39 is 55.1 Å². The maximum Gasteiger partial charge on any atom is 0.268 e. The summed E-state index contributed by atoms with van der Waals surface area (Å²) < 4.78 is 100. The third kappa shape index (κ3) is 2.89. The van der Waals surface area contributed by atoms with Crippen molar-refractivity contribution >= 4 is 37.6 Å². The highest BCUT2D eigenvalue weighted by molar-refractivity contribution is 7.92. The predicted molar refractivity (Wildman–Crippen MR) is 97.0 cm³/mol. The Morgan fingerprint density at radius 2 is 1.30 bits per heavy atom. The molecule has 3 aromatic carbocycles. The molecule has 0 unspecified atom stereocenters. The maximum absolute atomic E-state index is 14.0. The van der Waals surface area contributed by atoms with Crippen LogP contribution in [-0.4, -0.2) is 8.42 Å². The van der Waals surface area contributed by atoms with Gasteiger partial charge in [0.05, 0.1) is 16.5 Å². The van der Waals surface area contributed by atoms with Crippen LogP contribution in [0.4, 0.5) is 27.6 Å². The number of hydrogen-bond acceptors (Lipinski definition) is 4. The van der Waals surface area contributed by atoms with E-state index >= 15 is 0 Å². The standard InChI is InChI=1S/C19H8F5NO4S/c20-12-13(21)15(23)19(16(24)14(12)22)30(27,28)25-10-6-3-5-9-17(26)8-4-1-2-7-11(8)29-18(9)10/h1-7,25H. The van der Waals surface area contributed by atoms with Gasteiger partial charge >= 0.3 is 0 Å². The number of para-hydroxylation sites is 2. The van der Waals surface area contributed by atoms with Crippen LogP contribution in [0.5, 0.6) is 0 Å². The van der Waals surface area contributed by atoms with E-state index in [0.29, 0.717) is 0 Å². The molecule has 4 aromatic rings. The average molecular weight is 441 g/mol. The lowest BCUT2D eigenvalue weighted by atomic mass is 10.1. The fraction of sp³-hybridized carbons (Fsp3) is 0. The summed E-state index contributed by atoms with van der Waals surface area (Å²) in [6.07, 6.45) is 0. The summed E-state index contributed by atoms with van der Waals surface area (Å²) in [7, 11) is -5.30. The molecule has 0 saturated carbocycles. The average Bonchev–Trinajstić information content (AvgIpc) is 2.71. The number of hydrogen-bond donors (Lipinski definition) is 1. The Morgan fingerprint density at radius 3 is 1.97 bits per heavy atom. The van der Waals surface area contributed by atoms with Gasteiger partial charge in [-0.25, -0.2) is 30.4 Å². The second kappa shape index (κ2) is 6.80. The van der Waals surface area contributed by atoms with Gasteiger partial charge < -0.3 is 4.42 Å². The number of rotatable bonds is 3. The van der Waals surface area contributed by atoms with Gasteiger partial charge in [-0.3, -0.25) is 9.52 Å². The Bertz CT molecular complexity index is 1490. The van der Waals surface area contributed by atoms with Crippen LogP contribution in [-0.2, 0) is 10.0 Å². The van der Waals surface area contributed by atoms with Gasteiger partial charge in [0, 0.05) is 0 Å². The van der Waals surface area contributed by atoms with Crippen molar-refractivity contribution in [2.24, 2.45) is 0 Å². The van der Waals surface area contributed by atoms with Crippen molar-refractivity contribution in [2.45, 2.75) is 4.90 Å². The first kappa shape index (κ1) is 19.8. The molecule has 0 aliphatic rings. The Labute approximate surface area is 164 Å². The van der Waals surface area contributed by atoms with E-state index in [1.165, 1.54) is 24.3 Å². The maximum atomic E-state index is 14.0. The summed E-state index contributed by atoms with van der Waals surface area (Å²) >= 11 is 0. The summed E-state index contributed by atoms with van der Waals surface area (Å²) in [5.41, 5.74) is -1.13. The summed E-state index contributed by atoms with van der Waals surface area (Å²) in [6.45, 7) is 0. The van der Waals surface area contributed by atoms with Crippen molar-refractivity contribution in [1.82, 2.24) is 0 Å². The summed E-state index contributed by atoms with van der Waals surface area (Å²) in [4.78, 5) is 10.6. The zero-order valence-corrected chi connectivity index (χ0v) is 15.3. The lowest BCUT2D eigenvalue weighted by molar-refractivity contribution is 0.358. The first-order chi connectivity index (χ1) is 14.1. The smallest absolute Gasteiger partial charge is 0.268 e. The van der Waals surface area contributed by atoms with Gasteiger partial charge in [0.25, 0.3) is 10.0 Å². The number of halogens is 5. The molecule has 5 nitrogen and oxygen atoms in total. The van der Waals surface area contributed by atoms with Crippen LogP contribution in [0.2, 0.25) is 0 Å². The molecular formula is C19H8F5NO4S. The van der Waals surface area contributed by atoms with Crippen LogP contribution in [0, 0.1) is 29.1 Å². The van der Waals surface area contributed by atoms with Crippen LogP contribution in [0.15, 0.2) is 56.6 Å². The van der Waals surface area contributed by atoms with Gasteiger partial charge in [-0.05, 0) is 24.3 Å². The Morgan fingerprint density at radius 1 is 0.733 bits per heavy atom. The van der Waals surface area contributed by atoms with Crippen molar-refractivity contribution in [3.8, 4) is 0 Å². The molecule has 154 valence electrons. The first-order valence-corrected chi connectivity index (χ1v) is 9.60. The van der Waals surface area contributed by atoms with Gasteiger partial charge in [-0.1, -0.05) is 18.2 Å². The van der Waals surface area contributed by atoms with E-state index in [9.17, 15) is 35.2 Å². The molecule has 0 atom stereocenters. The second-order valence-corrected chi connectivity index (χ2v) is 7.73. The highest BCUT2D eigenvalue weighted by Crippen LogP contribution is 2.31. The number of sulfonamides is 1. The highest BCUT2D eigenvalue weighted by atomic mass is 32.2. The molecule has 0 spiro atoms. The topological polar surface area (TPSA) is 76.4 Å². The minimum atomic E-state index is -5.30. The Kier molecular flexibility index (Phi) is 4.49. The molecule has 0 radical (unpaired) electrons. The van der Waals surface area contributed by atoms with Gasteiger partial charge in [-0.15, -0.1) is 0 Å². The number of benzene rings is 3. The van der Waals surface area contributed by atoms with Crippen LogP contribution in [0.25, 0.3) is 21.9 Å². The molecule has 4 rings (SSSR count). The highest BCUT2D eigenvalue weighted by Gasteiger charge is 2.34. The Hall–Kier alpha value is -3.47. The number of anilines is 1. The van der Waals surface area contributed by atoms with Crippen molar-refractivity contribution < 1.29 is 34.8 Å². The minimum absolute atomic E-state index is 0.0636. The summed E-state index contributed by atoms with van der Waals surface area (Å²) in [5.74, 6) is -12.4. The molecule has 0 saturated heterocycles. The van der Waals surface area contributed by atoms with Crippen LogP contribution in [0.3, 0.4) is 0 Å². The van der Waals surface area contributed by atoms with E-state index in [1.807, 2.05) is 0 Å². The molecule has 0 aliphatic heterocycles. The molecule has 30 heavy (non-hydrogen) atoms. The largest absolute Gasteiger partial charge is 0.454 e. The van der Waals surface area contributed by atoms with Crippen molar-refractivity contribution in [1.29, 1.82) is 0 Å². The first-order valence-electron chi connectivity index (χ1n) is 8.12. The van der Waals surface area contributed by atoms with Gasteiger partial charge in [0.15, 0.2) is 33.7 Å². The molecule has 11 heteroatoms. The van der Waals surface area contributed by atoms with Crippen molar-refractivity contribution in [3.05, 3.63) is 81.8 Å². The van der Waals surface area contributed by atoms with Gasteiger partial charge in [0.2, 0.25) is 11.2 Å². The monoisotopic (exact) mass is 441 g/mol. The van der Waals surface area contributed by atoms with E-state index in [2.05, 4.69) is 0 Å². The number of fused-ring (bicyclic) bond motifs is 2. The minimum Gasteiger partial charge on any atom is -0.454 e. The summed E-state index contributed by atoms with van der Waals surface area (Å²) in [6, 6.07) is 9.73.